The van der Waals surface area contributed by atoms with Crippen molar-refractivity contribution in [2.75, 3.05) is 14.1 Å². The molecule has 4 rings (SSSR count). The van der Waals surface area contributed by atoms with Crippen LogP contribution in [0.15, 0.2) is 11.6 Å². The van der Waals surface area contributed by atoms with Gasteiger partial charge in [0.15, 0.2) is 0 Å². The van der Waals surface area contributed by atoms with E-state index in [4.69, 9.17) is 4.74 Å². The van der Waals surface area contributed by atoms with Crippen molar-refractivity contribution in [3.05, 3.63) is 11.6 Å². The maximum atomic E-state index is 10.7. The van der Waals surface area contributed by atoms with E-state index >= 15 is 0 Å². The summed E-state index contributed by atoms with van der Waals surface area (Å²) in [5.41, 5.74) is 2.45. The van der Waals surface area contributed by atoms with Crippen LogP contribution in [0.2, 0.25) is 0 Å². The minimum atomic E-state index is 0.117. The van der Waals surface area contributed by atoms with Gasteiger partial charge in [-0.1, -0.05) is 25.5 Å². The highest BCUT2D eigenvalue weighted by Gasteiger charge is 2.59. The number of allylic oxidation sites excluding steroid dienone is 1. The van der Waals surface area contributed by atoms with E-state index < -0.39 is 0 Å². The Morgan fingerprint density at radius 2 is 1.92 bits per heavy atom. The molecule has 0 heterocycles. The van der Waals surface area contributed by atoms with Gasteiger partial charge in [-0.05, 0) is 87.6 Å². The Hall–Kier alpha value is -0.830. The monoisotopic (exact) mass is 345 g/mol. The second-order valence-corrected chi connectivity index (χ2v) is 9.96. The van der Waals surface area contributed by atoms with Gasteiger partial charge in [-0.2, -0.15) is 0 Å². The van der Waals surface area contributed by atoms with E-state index in [1.807, 2.05) is 0 Å². The first kappa shape index (κ1) is 17.6. The molecule has 0 bridgehead atoms. The van der Waals surface area contributed by atoms with Crippen LogP contribution >= 0.6 is 0 Å². The van der Waals surface area contributed by atoms with Crippen LogP contribution < -0.4 is 0 Å². The smallest absolute Gasteiger partial charge is 0.293 e. The van der Waals surface area contributed by atoms with Crippen molar-refractivity contribution in [3.63, 3.8) is 0 Å². The van der Waals surface area contributed by atoms with Crippen LogP contribution in [0.1, 0.15) is 65.2 Å². The zero-order valence-electron chi connectivity index (χ0n) is 16.5. The van der Waals surface area contributed by atoms with Crippen LogP contribution in [0.3, 0.4) is 0 Å². The molecule has 0 unspecified atom stereocenters. The SMILES string of the molecule is CN(C)[C@@H]1CC[C@H]2[C@@H]3CC=C4C[C@H](OC=O)CC[C@]4(C)[C@H]3CC[C@@]21C. The molecule has 140 valence electrons. The number of hydrogen-bond acceptors (Lipinski definition) is 3. The molecule has 0 N–H and O–H groups in total. The Labute approximate surface area is 153 Å². The van der Waals surface area contributed by atoms with Gasteiger partial charge in [-0.15, -0.1) is 0 Å². The third-order valence-corrected chi connectivity index (χ3v) is 8.88. The number of ether oxygens (including phenoxy) is 1. The van der Waals surface area contributed by atoms with Crippen LogP contribution in [-0.2, 0) is 9.53 Å². The Kier molecular flexibility index (Phi) is 4.30. The summed E-state index contributed by atoms with van der Waals surface area (Å²) in [6.45, 7) is 5.75. The fourth-order valence-electron chi connectivity index (χ4n) is 7.64. The molecular weight excluding hydrogens is 310 g/mol. The molecule has 4 aliphatic rings. The normalized spacial score (nSPS) is 49.0. The van der Waals surface area contributed by atoms with E-state index in [2.05, 4.69) is 38.9 Å². The van der Waals surface area contributed by atoms with E-state index in [1.165, 1.54) is 38.5 Å². The number of carbonyl (C=O) groups is 1. The Morgan fingerprint density at radius 1 is 1.12 bits per heavy atom. The second kappa shape index (κ2) is 6.11. The average Bonchev–Trinajstić information content (AvgIpc) is 2.93. The van der Waals surface area contributed by atoms with Crippen molar-refractivity contribution in [3.8, 4) is 0 Å². The van der Waals surface area contributed by atoms with Crippen LogP contribution in [0.25, 0.3) is 0 Å². The Morgan fingerprint density at radius 3 is 2.64 bits per heavy atom. The predicted molar refractivity (Wildman–Crippen MR) is 100 cm³/mol. The summed E-state index contributed by atoms with van der Waals surface area (Å²) in [6, 6.07) is 0.758. The molecule has 3 nitrogen and oxygen atoms in total. The van der Waals surface area contributed by atoms with E-state index in [9.17, 15) is 4.79 Å². The lowest BCUT2D eigenvalue weighted by Crippen LogP contribution is -2.53. The van der Waals surface area contributed by atoms with Gasteiger partial charge in [-0.3, -0.25) is 4.79 Å². The second-order valence-electron chi connectivity index (χ2n) is 9.96. The fraction of sp³-hybridized carbons (Fsp3) is 0.864. The summed E-state index contributed by atoms with van der Waals surface area (Å²) in [5, 5.41) is 0. The molecule has 3 saturated carbocycles. The summed E-state index contributed by atoms with van der Waals surface area (Å²) >= 11 is 0. The predicted octanol–water partition coefficient (Wildman–Crippen LogP) is 4.42. The minimum Gasteiger partial charge on any atom is -0.464 e. The lowest BCUT2D eigenvalue weighted by molar-refractivity contribution is -0.136. The zero-order valence-corrected chi connectivity index (χ0v) is 16.5. The average molecular weight is 346 g/mol. The fourth-order valence-corrected chi connectivity index (χ4v) is 7.64. The van der Waals surface area contributed by atoms with Gasteiger partial charge >= 0.3 is 0 Å². The lowest BCUT2D eigenvalue weighted by atomic mass is 9.48. The third-order valence-electron chi connectivity index (χ3n) is 8.88. The van der Waals surface area contributed by atoms with Gasteiger partial charge in [0.2, 0.25) is 0 Å². The van der Waals surface area contributed by atoms with E-state index in [0.717, 1.165) is 36.6 Å². The number of hydrogen-bond donors (Lipinski definition) is 0. The van der Waals surface area contributed by atoms with Gasteiger partial charge in [0, 0.05) is 12.5 Å². The molecule has 0 saturated heterocycles. The molecule has 0 spiro atoms. The molecule has 4 aliphatic carbocycles. The van der Waals surface area contributed by atoms with Crippen LogP contribution in [0.5, 0.6) is 0 Å². The Bertz CT molecular complexity index is 570. The van der Waals surface area contributed by atoms with Crippen LogP contribution in [-0.4, -0.2) is 37.6 Å². The summed E-state index contributed by atoms with van der Waals surface area (Å²) in [5.74, 6) is 2.59. The molecular formula is C22H35NO2. The maximum Gasteiger partial charge on any atom is 0.293 e. The van der Waals surface area contributed by atoms with Gasteiger partial charge in [0.05, 0.1) is 0 Å². The molecule has 25 heavy (non-hydrogen) atoms. The molecule has 0 aromatic rings. The first-order chi connectivity index (χ1) is 11.9. The van der Waals surface area contributed by atoms with Gasteiger partial charge < -0.3 is 9.64 Å². The first-order valence-electron chi connectivity index (χ1n) is 10.3. The molecule has 0 aliphatic heterocycles. The minimum absolute atomic E-state index is 0.117. The first-order valence-corrected chi connectivity index (χ1v) is 10.3. The molecule has 0 radical (unpaired) electrons. The third kappa shape index (κ3) is 2.52. The highest BCUT2D eigenvalue weighted by Crippen LogP contribution is 2.65. The highest BCUT2D eigenvalue weighted by molar-refractivity contribution is 5.38. The molecule has 3 fully saturated rings. The molecule has 7 atom stereocenters. The van der Waals surface area contributed by atoms with Gasteiger partial charge in [0.1, 0.15) is 6.10 Å². The number of carbonyl (C=O) groups excluding carboxylic acids is 1. The van der Waals surface area contributed by atoms with Crippen LogP contribution in [0, 0.1) is 28.6 Å². The Balaban J connectivity index is 1.60. The summed E-state index contributed by atoms with van der Waals surface area (Å²) in [6.07, 6.45) is 12.7. The van der Waals surface area contributed by atoms with Crippen molar-refractivity contribution >= 4 is 6.47 Å². The topological polar surface area (TPSA) is 29.5 Å². The largest absolute Gasteiger partial charge is 0.464 e. The van der Waals surface area contributed by atoms with Crippen molar-refractivity contribution < 1.29 is 9.53 Å². The molecule has 0 amide bonds. The quantitative estimate of drug-likeness (QED) is 0.560. The number of fused-ring (bicyclic) bond motifs is 5. The number of rotatable bonds is 3. The van der Waals surface area contributed by atoms with Crippen molar-refractivity contribution in [1.82, 2.24) is 4.90 Å². The van der Waals surface area contributed by atoms with Crippen molar-refractivity contribution in [1.29, 1.82) is 0 Å². The van der Waals surface area contributed by atoms with Gasteiger partial charge in [0.25, 0.3) is 6.47 Å². The zero-order chi connectivity index (χ0) is 17.8. The maximum absolute atomic E-state index is 10.7. The van der Waals surface area contributed by atoms with Crippen molar-refractivity contribution in [2.24, 2.45) is 28.6 Å². The lowest BCUT2D eigenvalue weighted by Gasteiger charge is -2.58. The molecule has 0 aromatic heterocycles. The summed E-state index contributed by atoms with van der Waals surface area (Å²) in [4.78, 5) is 13.2. The van der Waals surface area contributed by atoms with Crippen LogP contribution in [0.4, 0.5) is 0 Å². The van der Waals surface area contributed by atoms with Crippen molar-refractivity contribution in [2.45, 2.75) is 77.4 Å². The highest BCUT2D eigenvalue weighted by atomic mass is 16.5. The number of nitrogens with zero attached hydrogens (tertiary/aromatic N) is 1. The van der Waals surface area contributed by atoms with E-state index in [0.29, 0.717) is 17.3 Å². The standard InChI is InChI=1S/C22H35NO2/c1-21-11-9-16(25-14-24)13-15(21)5-6-17-18-7-8-20(23(3)4)22(18,2)12-10-19(17)21/h5,14,16-20H,6-13H2,1-4H3/t16-,17+,18+,19+,20-,21+,22+/m1/s1. The van der Waals surface area contributed by atoms with E-state index in [-0.39, 0.29) is 6.10 Å². The molecule has 0 aromatic carbocycles. The molecule has 3 heteroatoms. The van der Waals surface area contributed by atoms with E-state index in [1.54, 1.807) is 5.57 Å². The summed E-state index contributed by atoms with van der Waals surface area (Å²) < 4.78 is 5.31. The van der Waals surface area contributed by atoms with Gasteiger partial charge in [-0.25, -0.2) is 0 Å². The summed E-state index contributed by atoms with van der Waals surface area (Å²) in [7, 11) is 4.55.